The van der Waals surface area contributed by atoms with Crippen molar-refractivity contribution in [1.82, 2.24) is 14.7 Å². The largest absolute Gasteiger partial charge is 0.497 e. The van der Waals surface area contributed by atoms with E-state index in [1.165, 1.54) is 21.3 Å². The van der Waals surface area contributed by atoms with Gasteiger partial charge in [-0.25, -0.2) is 0 Å². The lowest BCUT2D eigenvalue weighted by Crippen LogP contribution is -2.54. The zero-order chi connectivity index (χ0) is 26.4. The molecule has 0 N–H and O–H groups in total. The molecule has 1 atom stereocenters. The fraction of sp³-hybridized carbons (Fsp3) is 0.481. The number of nitrogens with zero attached hydrogens (tertiary/aromatic N) is 3. The van der Waals surface area contributed by atoms with E-state index in [4.69, 9.17) is 23.7 Å². The van der Waals surface area contributed by atoms with Gasteiger partial charge in [-0.1, -0.05) is 0 Å². The van der Waals surface area contributed by atoms with Crippen LogP contribution in [-0.2, 0) is 4.74 Å². The molecule has 2 amide bonds. The van der Waals surface area contributed by atoms with Gasteiger partial charge in [0.25, 0.3) is 11.8 Å². The number of ether oxygens (including phenoxy) is 5. The number of hydrogen-bond donors (Lipinski definition) is 0. The van der Waals surface area contributed by atoms with Gasteiger partial charge in [0.15, 0.2) is 11.5 Å². The van der Waals surface area contributed by atoms with Crippen molar-refractivity contribution in [3.05, 3.63) is 47.5 Å². The summed E-state index contributed by atoms with van der Waals surface area (Å²) in [6.07, 6.45) is -0.0756. The first-order chi connectivity index (χ1) is 18.0. The summed E-state index contributed by atoms with van der Waals surface area (Å²) in [6, 6.07) is 10.5. The molecule has 200 valence electrons. The molecule has 0 unspecified atom stereocenters. The van der Waals surface area contributed by atoms with Crippen LogP contribution >= 0.6 is 0 Å². The van der Waals surface area contributed by atoms with Gasteiger partial charge < -0.3 is 33.5 Å². The van der Waals surface area contributed by atoms with Gasteiger partial charge >= 0.3 is 0 Å². The minimum absolute atomic E-state index is 0.00304. The lowest BCUT2D eigenvalue weighted by Gasteiger charge is -2.39. The van der Waals surface area contributed by atoms with Gasteiger partial charge in [-0.3, -0.25) is 14.5 Å². The summed E-state index contributed by atoms with van der Waals surface area (Å²) in [5.74, 6) is 2.00. The van der Waals surface area contributed by atoms with Gasteiger partial charge in [0.2, 0.25) is 5.75 Å². The molecule has 2 aliphatic heterocycles. The lowest BCUT2D eigenvalue weighted by molar-refractivity contribution is -0.0399. The van der Waals surface area contributed by atoms with Crippen molar-refractivity contribution in [2.75, 3.05) is 80.9 Å². The lowest BCUT2D eigenvalue weighted by atomic mass is 10.1. The van der Waals surface area contributed by atoms with Crippen molar-refractivity contribution in [2.24, 2.45) is 0 Å². The SMILES string of the molecule is COc1ccc(C(=O)N2CCO[C@@H](CN3CCN(C(=O)c4cc(OC)c(OC)c(OC)c4)CC3)C2)cc1. The summed E-state index contributed by atoms with van der Waals surface area (Å²) in [5.41, 5.74) is 1.13. The van der Waals surface area contributed by atoms with E-state index in [1.54, 1.807) is 43.5 Å². The summed E-state index contributed by atoms with van der Waals surface area (Å²) in [6.45, 7) is 4.96. The first-order valence-corrected chi connectivity index (χ1v) is 12.3. The number of benzene rings is 2. The van der Waals surface area contributed by atoms with Crippen molar-refractivity contribution in [3.8, 4) is 23.0 Å². The second-order valence-electron chi connectivity index (χ2n) is 8.98. The van der Waals surface area contributed by atoms with Crippen LogP contribution in [-0.4, -0.2) is 113 Å². The molecule has 37 heavy (non-hydrogen) atoms. The molecule has 2 aromatic rings. The highest BCUT2D eigenvalue weighted by Gasteiger charge is 2.29. The summed E-state index contributed by atoms with van der Waals surface area (Å²) < 4.78 is 27.3. The molecule has 0 bridgehead atoms. The van der Waals surface area contributed by atoms with Crippen LogP contribution in [0.4, 0.5) is 0 Å². The fourth-order valence-corrected chi connectivity index (χ4v) is 4.74. The average molecular weight is 514 g/mol. The highest BCUT2D eigenvalue weighted by atomic mass is 16.5. The molecular weight excluding hydrogens is 478 g/mol. The van der Waals surface area contributed by atoms with Crippen LogP contribution in [0.15, 0.2) is 36.4 Å². The minimum Gasteiger partial charge on any atom is -0.497 e. The van der Waals surface area contributed by atoms with E-state index < -0.39 is 0 Å². The van der Waals surface area contributed by atoms with E-state index in [-0.39, 0.29) is 17.9 Å². The van der Waals surface area contributed by atoms with Crippen LogP contribution in [0.2, 0.25) is 0 Å². The Bertz CT molecular complexity index is 1060. The Balaban J connectivity index is 1.31. The molecule has 10 heteroatoms. The van der Waals surface area contributed by atoms with Gasteiger partial charge in [-0.15, -0.1) is 0 Å². The second-order valence-corrected chi connectivity index (χ2v) is 8.98. The van der Waals surface area contributed by atoms with E-state index in [0.29, 0.717) is 67.7 Å². The molecule has 2 aromatic carbocycles. The molecule has 2 aliphatic rings. The maximum atomic E-state index is 13.2. The molecule has 0 aromatic heterocycles. The Hall–Kier alpha value is -3.50. The monoisotopic (exact) mass is 513 g/mol. The van der Waals surface area contributed by atoms with Crippen LogP contribution in [0.25, 0.3) is 0 Å². The summed E-state index contributed by atoms with van der Waals surface area (Å²) in [7, 11) is 6.20. The molecule has 10 nitrogen and oxygen atoms in total. The summed E-state index contributed by atoms with van der Waals surface area (Å²) in [5, 5.41) is 0. The molecular formula is C27H35N3O7. The molecule has 0 aliphatic carbocycles. The minimum atomic E-state index is -0.0796. The van der Waals surface area contributed by atoms with Crippen molar-refractivity contribution in [2.45, 2.75) is 6.10 Å². The number of piperazine rings is 1. The fourth-order valence-electron chi connectivity index (χ4n) is 4.74. The summed E-state index contributed by atoms with van der Waals surface area (Å²) >= 11 is 0. The number of amides is 2. The molecule has 0 radical (unpaired) electrons. The number of carbonyl (C=O) groups is 2. The van der Waals surface area contributed by atoms with Gasteiger partial charge in [0.05, 0.1) is 41.2 Å². The van der Waals surface area contributed by atoms with E-state index >= 15 is 0 Å². The number of hydrogen-bond acceptors (Lipinski definition) is 8. The zero-order valence-corrected chi connectivity index (χ0v) is 21.9. The predicted octanol–water partition coefficient (Wildman–Crippen LogP) is 2.02. The van der Waals surface area contributed by atoms with Crippen molar-refractivity contribution < 1.29 is 33.3 Å². The maximum absolute atomic E-state index is 13.2. The Morgan fingerprint density at radius 3 is 1.97 bits per heavy atom. The Morgan fingerprint density at radius 1 is 0.784 bits per heavy atom. The van der Waals surface area contributed by atoms with Gasteiger partial charge in [0, 0.05) is 56.9 Å². The van der Waals surface area contributed by atoms with Gasteiger partial charge in [-0.05, 0) is 36.4 Å². The van der Waals surface area contributed by atoms with E-state index in [9.17, 15) is 9.59 Å². The third-order valence-electron chi connectivity index (χ3n) is 6.80. The number of rotatable bonds is 8. The topological polar surface area (TPSA) is 90.0 Å². The Labute approximate surface area is 217 Å². The van der Waals surface area contributed by atoms with Crippen molar-refractivity contribution in [3.63, 3.8) is 0 Å². The first-order valence-electron chi connectivity index (χ1n) is 12.3. The van der Waals surface area contributed by atoms with Gasteiger partial charge in [-0.2, -0.15) is 0 Å². The van der Waals surface area contributed by atoms with Gasteiger partial charge in [0.1, 0.15) is 5.75 Å². The molecule has 4 rings (SSSR count). The summed E-state index contributed by atoms with van der Waals surface area (Å²) in [4.78, 5) is 32.1. The van der Waals surface area contributed by atoms with E-state index in [0.717, 1.165) is 18.8 Å². The maximum Gasteiger partial charge on any atom is 0.254 e. The van der Waals surface area contributed by atoms with Crippen LogP contribution < -0.4 is 18.9 Å². The van der Waals surface area contributed by atoms with Crippen LogP contribution in [0.1, 0.15) is 20.7 Å². The average Bonchev–Trinajstić information content (AvgIpc) is 2.96. The third-order valence-corrected chi connectivity index (χ3v) is 6.80. The highest BCUT2D eigenvalue weighted by molar-refractivity contribution is 5.96. The smallest absolute Gasteiger partial charge is 0.254 e. The van der Waals surface area contributed by atoms with E-state index in [1.807, 2.05) is 9.80 Å². The standard InChI is InChI=1S/C27H35N3O7/c1-33-21-7-5-19(6-8-21)26(31)30-13-14-37-22(18-30)17-28-9-11-29(12-10-28)27(32)20-15-23(34-2)25(36-4)24(16-20)35-3/h5-8,15-16,22H,9-14,17-18H2,1-4H3/t22-/m0/s1. The molecule has 0 spiro atoms. The van der Waals surface area contributed by atoms with Crippen molar-refractivity contribution in [1.29, 1.82) is 0 Å². The molecule has 2 saturated heterocycles. The van der Waals surface area contributed by atoms with Crippen LogP contribution in [0.3, 0.4) is 0 Å². The van der Waals surface area contributed by atoms with Crippen LogP contribution in [0, 0.1) is 0 Å². The first kappa shape index (κ1) is 26.6. The normalized spacial score (nSPS) is 18.3. The van der Waals surface area contributed by atoms with Crippen LogP contribution in [0.5, 0.6) is 23.0 Å². The Kier molecular flexibility index (Phi) is 8.73. The zero-order valence-electron chi connectivity index (χ0n) is 21.9. The van der Waals surface area contributed by atoms with E-state index in [2.05, 4.69) is 4.90 Å². The number of morpholine rings is 1. The van der Waals surface area contributed by atoms with Crippen molar-refractivity contribution >= 4 is 11.8 Å². The Morgan fingerprint density at radius 2 is 1.41 bits per heavy atom. The third kappa shape index (κ3) is 6.08. The second kappa shape index (κ2) is 12.2. The predicted molar refractivity (Wildman–Crippen MR) is 137 cm³/mol. The molecule has 0 saturated carbocycles. The number of carbonyl (C=O) groups excluding carboxylic acids is 2. The number of methoxy groups -OCH3 is 4. The molecule has 2 heterocycles. The molecule has 2 fully saturated rings. The highest BCUT2D eigenvalue weighted by Crippen LogP contribution is 2.38. The quantitative estimate of drug-likeness (QED) is 0.530.